The van der Waals surface area contributed by atoms with E-state index < -0.39 is 0 Å². The lowest BCUT2D eigenvalue weighted by molar-refractivity contribution is 0.102. The molecule has 108 valence electrons. The maximum atomic E-state index is 11.6. The van der Waals surface area contributed by atoms with Gasteiger partial charge in [0.1, 0.15) is 16.6 Å². The fourth-order valence-electron chi connectivity index (χ4n) is 2.05. The van der Waals surface area contributed by atoms with Gasteiger partial charge in [0.25, 0.3) is 0 Å². The molecule has 4 nitrogen and oxygen atoms in total. The molecule has 0 aliphatic rings. The van der Waals surface area contributed by atoms with E-state index in [1.165, 1.54) is 18.3 Å². The molecule has 2 rings (SSSR count). The average molecular weight is 364 g/mol. The van der Waals surface area contributed by atoms with Gasteiger partial charge in [-0.05, 0) is 17.7 Å². The Morgan fingerprint density at radius 2 is 2.24 bits per heavy atom. The van der Waals surface area contributed by atoms with E-state index in [2.05, 4.69) is 22.0 Å². The van der Waals surface area contributed by atoms with Crippen LogP contribution in [0.25, 0.3) is 0 Å². The summed E-state index contributed by atoms with van der Waals surface area (Å²) in [6.45, 7) is 2.09. The Labute approximate surface area is 135 Å². The van der Waals surface area contributed by atoms with Crippen molar-refractivity contribution in [3.8, 4) is 6.07 Å². The van der Waals surface area contributed by atoms with Crippen molar-refractivity contribution in [2.75, 3.05) is 17.7 Å². The number of benzene rings is 1. The molecule has 0 amide bonds. The number of carbonyl (C=O) groups excluding carboxylic acids is 1. The van der Waals surface area contributed by atoms with Crippen LogP contribution in [0.1, 0.15) is 27.7 Å². The summed E-state index contributed by atoms with van der Waals surface area (Å²) in [5.74, 6) is -0.115. The molecular weight excluding hydrogens is 350 g/mol. The number of nitriles is 1. The Kier molecular flexibility index (Phi) is 4.66. The molecule has 1 aromatic carbocycles. The molecular formula is C15H14BrN3OS. The van der Waals surface area contributed by atoms with Gasteiger partial charge < -0.3 is 10.6 Å². The molecule has 0 radical (unpaired) electrons. The van der Waals surface area contributed by atoms with Crippen LogP contribution in [0, 0.1) is 11.3 Å². The number of halogens is 1. The Morgan fingerprint density at radius 1 is 1.52 bits per heavy atom. The summed E-state index contributed by atoms with van der Waals surface area (Å²) < 4.78 is 1.00. The van der Waals surface area contributed by atoms with Gasteiger partial charge in [-0.3, -0.25) is 4.79 Å². The molecule has 0 spiro atoms. The van der Waals surface area contributed by atoms with Crippen LogP contribution in [0.5, 0.6) is 0 Å². The van der Waals surface area contributed by atoms with Gasteiger partial charge >= 0.3 is 0 Å². The fraction of sp³-hybridized carbons (Fsp3) is 0.200. The third kappa shape index (κ3) is 3.26. The van der Waals surface area contributed by atoms with E-state index in [1.54, 1.807) is 0 Å². The molecule has 0 atom stereocenters. The quantitative estimate of drug-likeness (QED) is 0.838. The van der Waals surface area contributed by atoms with Crippen LogP contribution >= 0.6 is 27.3 Å². The minimum atomic E-state index is -0.115. The lowest BCUT2D eigenvalue weighted by Crippen LogP contribution is -2.16. The van der Waals surface area contributed by atoms with Crippen LogP contribution in [-0.2, 0) is 6.54 Å². The highest BCUT2D eigenvalue weighted by Crippen LogP contribution is 2.38. The van der Waals surface area contributed by atoms with Crippen molar-refractivity contribution < 1.29 is 4.79 Å². The molecule has 0 unspecified atom stereocenters. The van der Waals surface area contributed by atoms with Gasteiger partial charge in [-0.1, -0.05) is 28.1 Å². The third-order valence-corrected chi connectivity index (χ3v) is 4.93. The van der Waals surface area contributed by atoms with Crippen LogP contribution in [-0.4, -0.2) is 12.8 Å². The average Bonchev–Trinajstić information content (AvgIpc) is 2.75. The first-order chi connectivity index (χ1) is 9.93. The molecule has 0 bridgehead atoms. The second kappa shape index (κ2) is 6.29. The number of anilines is 2. The van der Waals surface area contributed by atoms with Gasteiger partial charge in [-0.25, -0.2) is 0 Å². The minimum absolute atomic E-state index is 0.115. The highest BCUT2D eigenvalue weighted by molar-refractivity contribution is 9.10. The summed E-state index contributed by atoms with van der Waals surface area (Å²) >= 11 is 4.71. The van der Waals surface area contributed by atoms with E-state index >= 15 is 0 Å². The Balaban J connectivity index is 2.35. The van der Waals surface area contributed by atoms with Crippen molar-refractivity contribution in [2.45, 2.75) is 13.5 Å². The van der Waals surface area contributed by atoms with Crippen LogP contribution in [0.3, 0.4) is 0 Å². The number of hydrogen-bond donors (Lipinski definition) is 1. The van der Waals surface area contributed by atoms with Crippen LogP contribution in [0.4, 0.5) is 10.7 Å². The number of hydrogen-bond acceptors (Lipinski definition) is 5. The Bertz CT molecular complexity index is 733. The number of carbonyl (C=O) groups is 1. The molecule has 2 N–H and O–H groups in total. The first-order valence-electron chi connectivity index (χ1n) is 6.23. The van der Waals surface area contributed by atoms with Gasteiger partial charge in [-0.15, -0.1) is 11.3 Å². The van der Waals surface area contributed by atoms with Crippen molar-refractivity contribution >= 4 is 43.7 Å². The molecule has 0 fully saturated rings. The minimum Gasteiger partial charge on any atom is -0.396 e. The number of nitrogens with zero attached hydrogens (tertiary/aromatic N) is 2. The van der Waals surface area contributed by atoms with Gasteiger partial charge in [0, 0.05) is 25.0 Å². The molecule has 21 heavy (non-hydrogen) atoms. The number of nitrogens with two attached hydrogens (primary N) is 1. The maximum Gasteiger partial charge on any atom is 0.171 e. The predicted molar refractivity (Wildman–Crippen MR) is 89.7 cm³/mol. The Morgan fingerprint density at radius 3 is 2.81 bits per heavy atom. The fourth-order valence-corrected chi connectivity index (χ4v) is 3.52. The monoisotopic (exact) mass is 363 g/mol. The smallest absolute Gasteiger partial charge is 0.171 e. The first-order valence-corrected chi connectivity index (χ1v) is 7.84. The second-order valence-corrected chi connectivity index (χ2v) is 6.59. The standard InChI is InChI=1S/C15H14BrN3OS/c1-9(20)14-13(18)12(7-17)15(21-14)19(2)8-10-4-3-5-11(16)6-10/h3-6H,8,18H2,1-2H3. The van der Waals surface area contributed by atoms with Crippen molar-refractivity contribution in [1.29, 1.82) is 5.26 Å². The van der Waals surface area contributed by atoms with E-state index in [9.17, 15) is 10.1 Å². The van der Waals surface area contributed by atoms with Gasteiger partial charge in [0.15, 0.2) is 5.78 Å². The summed E-state index contributed by atoms with van der Waals surface area (Å²) in [6, 6.07) is 10.0. The van der Waals surface area contributed by atoms with Crippen LogP contribution < -0.4 is 10.6 Å². The highest BCUT2D eigenvalue weighted by Gasteiger charge is 2.21. The molecule has 2 aromatic rings. The highest BCUT2D eigenvalue weighted by atomic mass is 79.9. The summed E-state index contributed by atoms with van der Waals surface area (Å²) in [5, 5.41) is 10.0. The van der Waals surface area contributed by atoms with Crippen LogP contribution in [0.15, 0.2) is 28.7 Å². The molecule has 1 heterocycles. The number of thiophene rings is 1. The number of ketones is 1. The van der Waals surface area contributed by atoms with Gasteiger partial charge in [0.05, 0.1) is 10.6 Å². The van der Waals surface area contributed by atoms with E-state index in [-0.39, 0.29) is 11.5 Å². The van der Waals surface area contributed by atoms with E-state index in [4.69, 9.17) is 5.73 Å². The van der Waals surface area contributed by atoms with E-state index in [1.807, 2.05) is 36.2 Å². The Hall–Kier alpha value is -1.84. The lowest BCUT2D eigenvalue weighted by Gasteiger charge is -2.18. The zero-order valence-electron chi connectivity index (χ0n) is 11.7. The molecule has 0 saturated carbocycles. The number of Topliss-reactive ketones (excluding diaryl/α,β-unsaturated/α-hetero) is 1. The first kappa shape index (κ1) is 15.5. The SMILES string of the molecule is CC(=O)c1sc(N(C)Cc2cccc(Br)c2)c(C#N)c1N. The second-order valence-electron chi connectivity index (χ2n) is 4.68. The number of nitrogen functional groups attached to an aromatic ring is 1. The van der Waals surface area contributed by atoms with Crippen molar-refractivity contribution in [3.05, 3.63) is 44.7 Å². The lowest BCUT2D eigenvalue weighted by atomic mass is 10.2. The molecule has 0 saturated heterocycles. The molecule has 1 aromatic heterocycles. The number of rotatable bonds is 4. The van der Waals surface area contributed by atoms with E-state index in [0.717, 1.165) is 15.0 Å². The van der Waals surface area contributed by atoms with E-state index in [0.29, 0.717) is 17.0 Å². The van der Waals surface area contributed by atoms with Gasteiger partial charge in [0.2, 0.25) is 0 Å². The summed E-state index contributed by atoms with van der Waals surface area (Å²) in [4.78, 5) is 14.0. The summed E-state index contributed by atoms with van der Waals surface area (Å²) in [5.41, 5.74) is 7.67. The predicted octanol–water partition coefficient (Wildman–Crippen LogP) is 3.80. The van der Waals surface area contributed by atoms with Crippen LogP contribution in [0.2, 0.25) is 0 Å². The summed E-state index contributed by atoms with van der Waals surface area (Å²) in [6.07, 6.45) is 0. The summed E-state index contributed by atoms with van der Waals surface area (Å²) in [7, 11) is 1.89. The molecule has 0 aliphatic carbocycles. The molecule has 0 aliphatic heterocycles. The third-order valence-electron chi connectivity index (χ3n) is 3.01. The zero-order valence-corrected chi connectivity index (χ0v) is 14.1. The largest absolute Gasteiger partial charge is 0.396 e. The zero-order chi connectivity index (χ0) is 15.6. The van der Waals surface area contributed by atoms with Gasteiger partial charge in [-0.2, -0.15) is 5.26 Å². The van der Waals surface area contributed by atoms with Crippen molar-refractivity contribution in [3.63, 3.8) is 0 Å². The van der Waals surface area contributed by atoms with Crippen molar-refractivity contribution in [2.24, 2.45) is 0 Å². The molecule has 6 heteroatoms. The normalized spacial score (nSPS) is 10.2. The topological polar surface area (TPSA) is 70.1 Å². The van der Waals surface area contributed by atoms with Crippen molar-refractivity contribution in [1.82, 2.24) is 0 Å². The maximum absolute atomic E-state index is 11.6.